The van der Waals surface area contributed by atoms with Gasteiger partial charge in [-0.05, 0) is 34.1 Å². The van der Waals surface area contributed by atoms with Crippen LogP contribution in [0.2, 0.25) is 0 Å². The number of H-pyrrole nitrogens is 1. The number of nitrogens with zero attached hydrogens (tertiary/aromatic N) is 1. The minimum Gasteiger partial charge on any atom is -0.497 e. The molecule has 0 aliphatic heterocycles. The lowest BCUT2D eigenvalue weighted by atomic mass is 10.3. The Morgan fingerprint density at radius 1 is 1.33 bits per heavy atom. The van der Waals surface area contributed by atoms with Crippen LogP contribution in [0.4, 0.5) is 0 Å². The molecule has 0 radical (unpaired) electrons. The Labute approximate surface area is 110 Å². The lowest BCUT2D eigenvalue weighted by Gasteiger charge is -2.00. The summed E-state index contributed by atoms with van der Waals surface area (Å²) < 4.78 is 12.6. The third-order valence-electron chi connectivity index (χ3n) is 2.67. The minimum atomic E-state index is -0.250. The van der Waals surface area contributed by atoms with Crippen LogP contribution in [-0.4, -0.2) is 16.7 Å². The summed E-state index contributed by atoms with van der Waals surface area (Å²) in [6.07, 6.45) is 0. The summed E-state index contributed by atoms with van der Waals surface area (Å²) in [6, 6.07) is 8.84. The highest BCUT2D eigenvalue weighted by atomic mass is 79.9. The molecule has 5 nitrogen and oxygen atoms in total. The molecule has 0 spiro atoms. The predicted molar refractivity (Wildman–Crippen MR) is 70.4 cm³/mol. The topological polar surface area (TPSA) is 60.2 Å². The van der Waals surface area contributed by atoms with Crippen molar-refractivity contribution in [2.45, 2.75) is 0 Å². The van der Waals surface area contributed by atoms with Crippen molar-refractivity contribution < 1.29 is 9.15 Å². The summed E-state index contributed by atoms with van der Waals surface area (Å²) >= 11 is 3.22. The van der Waals surface area contributed by atoms with Crippen LogP contribution in [0.3, 0.4) is 0 Å². The maximum absolute atomic E-state index is 11.9. The van der Waals surface area contributed by atoms with E-state index in [1.54, 1.807) is 31.4 Å². The van der Waals surface area contributed by atoms with Gasteiger partial charge in [-0.2, -0.15) is 0 Å². The van der Waals surface area contributed by atoms with Gasteiger partial charge in [-0.3, -0.25) is 0 Å². The number of aromatic nitrogens is 2. The molecule has 3 rings (SSSR count). The molecule has 0 atom stereocenters. The number of methoxy groups -OCH3 is 1. The van der Waals surface area contributed by atoms with Gasteiger partial charge in [0, 0.05) is 12.1 Å². The van der Waals surface area contributed by atoms with Crippen molar-refractivity contribution in [1.82, 2.24) is 9.55 Å². The van der Waals surface area contributed by atoms with Gasteiger partial charge < -0.3 is 14.1 Å². The summed E-state index contributed by atoms with van der Waals surface area (Å²) in [5.41, 5.74) is 1.19. The average molecular weight is 309 g/mol. The third kappa shape index (κ3) is 1.65. The van der Waals surface area contributed by atoms with Gasteiger partial charge in [0.15, 0.2) is 4.67 Å². The van der Waals surface area contributed by atoms with Gasteiger partial charge in [-0.15, -0.1) is 0 Å². The normalized spacial score (nSPS) is 11.0. The number of furan rings is 1. The molecule has 0 fully saturated rings. The maximum Gasteiger partial charge on any atom is 0.333 e. The Bertz CT molecular complexity index is 769. The quantitative estimate of drug-likeness (QED) is 0.792. The zero-order valence-electron chi connectivity index (χ0n) is 9.44. The monoisotopic (exact) mass is 308 g/mol. The predicted octanol–water partition coefficient (Wildman–Crippen LogP) is 2.68. The molecule has 0 amide bonds. The number of fused-ring (bicyclic) bond motifs is 1. The highest BCUT2D eigenvalue weighted by Crippen LogP contribution is 2.23. The van der Waals surface area contributed by atoms with Crippen LogP contribution in [0.5, 0.6) is 5.75 Å². The Kier molecular flexibility index (Phi) is 2.52. The Morgan fingerprint density at radius 3 is 2.83 bits per heavy atom. The number of rotatable bonds is 2. The fraction of sp³-hybridized carbons (Fsp3) is 0.0833. The van der Waals surface area contributed by atoms with Crippen molar-refractivity contribution in [2.24, 2.45) is 0 Å². The maximum atomic E-state index is 11.9. The summed E-state index contributed by atoms with van der Waals surface area (Å²) in [4.78, 5) is 14.7. The standard InChI is InChI=1S/C12H9BrN2O3/c1-17-7-2-3-9-8(6-7)14-12(16)15(9)11-5-4-10(13)18-11/h2-6H,1H3,(H,14,16). The summed E-state index contributed by atoms with van der Waals surface area (Å²) in [5.74, 6) is 1.15. The van der Waals surface area contributed by atoms with E-state index in [-0.39, 0.29) is 5.69 Å². The third-order valence-corrected chi connectivity index (χ3v) is 3.09. The van der Waals surface area contributed by atoms with Crippen LogP contribution < -0.4 is 10.4 Å². The van der Waals surface area contributed by atoms with Gasteiger partial charge in [-0.25, -0.2) is 9.36 Å². The molecule has 1 aromatic carbocycles. The molecule has 1 N–H and O–H groups in total. The molecule has 3 aromatic rings. The van der Waals surface area contributed by atoms with E-state index in [0.29, 0.717) is 21.8 Å². The summed E-state index contributed by atoms with van der Waals surface area (Å²) in [7, 11) is 1.58. The summed E-state index contributed by atoms with van der Waals surface area (Å²) in [6.45, 7) is 0. The number of nitrogens with one attached hydrogen (secondary N) is 1. The SMILES string of the molecule is COc1ccc2c(c1)[nH]c(=O)n2-c1ccc(Br)o1. The average Bonchev–Trinajstić information content (AvgIpc) is 2.90. The highest BCUT2D eigenvalue weighted by molar-refractivity contribution is 9.10. The van der Waals surface area contributed by atoms with Crippen molar-refractivity contribution in [1.29, 1.82) is 0 Å². The number of halogens is 1. The number of benzene rings is 1. The van der Waals surface area contributed by atoms with E-state index in [9.17, 15) is 4.79 Å². The van der Waals surface area contributed by atoms with E-state index in [4.69, 9.17) is 9.15 Å². The zero-order chi connectivity index (χ0) is 12.7. The first kappa shape index (κ1) is 11.2. The van der Waals surface area contributed by atoms with Crippen LogP contribution in [0, 0.1) is 0 Å². The van der Waals surface area contributed by atoms with Gasteiger partial charge in [0.2, 0.25) is 5.88 Å². The molecule has 18 heavy (non-hydrogen) atoms. The number of ether oxygens (including phenoxy) is 1. The van der Waals surface area contributed by atoms with Crippen molar-refractivity contribution >= 4 is 27.0 Å². The minimum absolute atomic E-state index is 0.250. The first-order valence-corrected chi connectivity index (χ1v) is 6.03. The van der Waals surface area contributed by atoms with E-state index in [1.807, 2.05) is 6.07 Å². The molecule has 0 saturated carbocycles. The van der Waals surface area contributed by atoms with E-state index in [0.717, 1.165) is 5.52 Å². The molecular formula is C12H9BrN2O3. The molecule has 0 saturated heterocycles. The highest BCUT2D eigenvalue weighted by Gasteiger charge is 2.12. The molecule has 0 aliphatic rings. The van der Waals surface area contributed by atoms with E-state index >= 15 is 0 Å². The second-order valence-electron chi connectivity index (χ2n) is 3.73. The second kappa shape index (κ2) is 4.06. The van der Waals surface area contributed by atoms with Crippen molar-refractivity contribution in [3.63, 3.8) is 0 Å². The van der Waals surface area contributed by atoms with Gasteiger partial charge in [0.05, 0.1) is 18.1 Å². The Morgan fingerprint density at radius 2 is 2.17 bits per heavy atom. The lowest BCUT2D eigenvalue weighted by molar-refractivity contribution is 0.415. The number of hydrogen-bond acceptors (Lipinski definition) is 3. The number of hydrogen-bond donors (Lipinski definition) is 1. The Hall–Kier alpha value is -1.95. The molecule has 0 aliphatic carbocycles. The number of imidazole rings is 1. The number of aromatic amines is 1. The van der Waals surface area contributed by atoms with E-state index < -0.39 is 0 Å². The second-order valence-corrected chi connectivity index (χ2v) is 4.51. The smallest absolute Gasteiger partial charge is 0.333 e. The van der Waals surface area contributed by atoms with Gasteiger partial charge in [-0.1, -0.05) is 0 Å². The van der Waals surface area contributed by atoms with Crippen molar-refractivity contribution in [3.05, 3.63) is 45.5 Å². The lowest BCUT2D eigenvalue weighted by Crippen LogP contribution is -2.13. The van der Waals surface area contributed by atoms with Crippen LogP contribution in [-0.2, 0) is 0 Å². The van der Waals surface area contributed by atoms with E-state index in [2.05, 4.69) is 20.9 Å². The van der Waals surface area contributed by atoms with Crippen LogP contribution in [0.1, 0.15) is 0 Å². The molecule has 92 valence electrons. The van der Waals surface area contributed by atoms with Gasteiger partial charge in [0.1, 0.15) is 5.75 Å². The van der Waals surface area contributed by atoms with Crippen molar-refractivity contribution in [2.75, 3.05) is 7.11 Å². The fourth-order valence-corrected chi connectivity index (χ4v) is 2.16. The molecule has 0 bridgehead atoms. The van der Waals surface area contributed by atoms with Crippen LogP contribution >= 0.6 is 15.9 Å². The molecule has 0 unspecified atom stereocenters. The Balaban J connectivity index is 2.29. The van der Waals surface area contributed by atoms with E-state index in [1.165, 1.54) is 4.57 Å². The molecule has 6 heteroatoms. The zero-order valence-corrected chi connectivity index (χ0v) is 11.0. The van der Waals surface area contributed by atoms with Gasteiger partial charge >= 0.3 is 5.69 Å². The van der Waals surface area contributed by atoms with Gasteiger partial charge in [0.25, 0.3) is 0 Å². The first-order valence-electron chi connectivity index (χ1n) is 5.23. The van der Waals surface area contributed by atoms with Crippen molar-refractivity contribution in [3.8, 4) is 11.6 Å². The van der Waals surface area contributed by atoms with Crippen LogP contribution in [0.25, 0.3) is 16.9 Å². The van der Waals surface area contributed by atoms with Crippen LogP contribution in [0.15, 0.2) is 44.2 Å². The molecular weight excluding hydrogens is 300 g/mol. The largest absolute Gasteiger partial charge is 0.497 e. The molecule has 2 aromatic heterocycles. The summed E-state index contributed by atoms with van der Waals surface area (Å²) in [5, 5.41) is 0. The fourth-order valence-electron chi connectivity index (χ4n) is 1.86. The first-order chi connectivity index (χ1) is 8.69. The molecule has 2 heterocycles.